The van der Waals surface area contributed by atoms with E-state index in [0.717, 1.165) is 0 Å². The number of rotatable bonds is 2. The molecule has 1 aromatic carbocycles. The van der Waals surface area contributed by atoms with Gasteiger partial charge in [-0.05, 0) is 11.6 Å². The average molecular weight is 189 g/mol. The Labute approximate surface area is 74.8 Å². The molecule has 3 nitrogen and oxygen atoms in total. The monoisotopic (exact) mass is 188 g/mol. The highest BCUT2D eigenvalue weighted by Crippen LogP contribution is 2.29. The van der Waals surface area contributed by atoms with Crippen molar-refractivity contribution in [1.82, 2.24) is 0 Å². The van der Waals surface area contributed by atoms with Crippen molar-refractivity contribution in [2.75, 3.05) is 0 Å². The minimum Gasteiger partial charge on any atom is -0.506 e. The molecule has 0 fully saturated rings. The number of hydrogen-bond donors (Lipinski definition) is 3. The Bertz CT molecular complexity index is 286. The quantitative estimate of drug-likeness (QED) is 0.650. The van der Waals surface area contributed by atoms with Crippen LogP contribution < -0.4 is 0 Å². The topological polar surface area (TPSA) is 60.7 Å². The minimum absolute atomic E-state index is 0.0853. The van der Waals surface area contributed by atoms with E-state index in [4.69, 9.17) is 26.9 Å². The molecule has 0 amide bonds. The van der Waals surface area contributed by atoms with Crippen molar-refractivity contribution in [3.05, 3.63) is 28.3 Å². The smallest absolute Gasteiger partial charge is 0.134 e. The first kappa shape index (κ1) is 9.32. The van der Waals surface area contributed by atoms with Gasteiger partial charge in [-0.25, -0.2) is 0 Å². The third kappa shape index (κ3) is 1.53. The van der Waals surface area contributed by atoms with Crippen molar-refractivity contribution < 1.29 is 15.3 Å². The Kier molecular flexibility index (Phi) is 2.92. The fourth-order valence-corrected chi connectivity index (χ4v) is 1.21. The largest absolute Gasteiger partial charge is 0.506 e. The second-order valence-corrected chi connectivity index (χ2v) is 2.73. The molecule has 0 bridgehead atoms. The first-order valence-electron chi connectivity index (χ1n) is 3.41. The van der Waals surface area contributed by atoms with Crippen LogP contribution in [-0.4, -0.2) is 15.3 Å². The average Bonchev–Trinajstić information content (AvgIpc) is 2.09. The number of phenols is 1. The van der Waals surface area contributed by atoms with E-state index in [0.29, 0.717) is 11.1 Å². The molecule has 1 aromatic rings. The lowest BCUT2D eigenvalue weighted by atomic mass is 10.1. The summed E-state index contributed by atoms with van der Waals surface area (Å²) < 4.78 is 0. The molecule has 66 valence electrons. The molecule has 0 saturated heterocycles. The van der Waals surface area contributed by atoms with Crippen LogP contribution in [0.5, 0.6) is 5.75 Å². The molecule has 0 aliphatic rings. The lowest BCUT2D eigenvalue weighted by Crippen LogP contribution is -1.94. The standard InChI is InChI=1S/C8H9ClO3/c9-8-6(4-11)5(3-10)1-2-7(8)12/h1-2,10-12H,3-4H2. The van der Waals surface area contributed by atoms with E-state index in [1.165, 1.54) is 12.1 Å². The molecule has 0 aromatic heterocycles. The molecule has 0 unspecified atom stereocenters. The van der Waals surface area contributed by atoms with E-state index >= 15 is 0 Å². The first-order valence-corrected chi connectivity index (χ1v) is 3.79. The van der Waals surface area contributed by atoms with Gasteiger partial charge in [0, 0.05) is 5.56 Å². The number of aromatic hydroxyl groups is 1. The highest BCUT2D eigenvalue weighted by atomic mass is 35.5. The predicted octanol–water partition coefficient (Wildman–Crippen LogP) is 1.03. The van der Waals surface area contributed by atoms with Gasteiger partial charge in [-0.3, -0.25) is 0 Å². The van der Waals surface area contributed by atoms with Crippen LogP contribution in [0.1, 0.15) is 11.1 Å². The maximum absolute atomic E-state index is 9.13. The minimum atomic E-state index is -0.289. The molecule has 12 heavy (non-hydrogen) atoms. The van der Waals surface area contributed by atoms with Crippen molar-refractivity contribution in [3.63, 3.8) is 0 Å². The maximum atomic E-state index is 9.13. The summed E-state index contributed by atoms with van der Waals surface area (Å²) in [5.74, 6) is -0.0853. The van der Waals surface area contributed by atoms with Crippen molar-refractivity contribution in [3.8, 4) is 5.75 Å². The molecule has 0 atom stereocenters. The number of aliphatic hydroxyl groups is 2. The lowest BCUT2D eigenvalue weighted by molar-refractivity contribution is 0.259. The van der Waals surface area contributed by atoms with Gasteiger partial charge in [0.15, 0.2) is 0 Å². The summed E-state index contributed by atoms with van der Waals surface area (Å²) in [5.41, 5.74) is 0.902. The van der Waals surface area contributed by atoms with E-state index in [1.807, 2.05) is 0 Å². The Morgan fingerprint density at radius 1 is 1.17 bits per heavy atom. The van der Waals surface area contributed by atoms with Gasteiger partial charge in [0.2, 0.25) is 0 Å². The van der Waals surface area contributed by atoms with Crippen LogP contribution >= 0.6 is 11.6 Å². The van der Waals surface area contributed by atoms with Crippen molar-refractivity contribution in [1.29, 1.82) is 0 Å². The Morgan fingerprint density at radius 2 is 1.83 bits per heavy atom. The van der Waals surface area contributed by atoms with Crippen LogP contribution in [0, 0.1) is 0 Å². The number of benzene rings is 1. The molecule has 0 aliphatic heterocycles. The Hall–Kier alpha value is -0.770. The van der Waals surface area contributed by atoms with Gasteiger partial charge in [-0.2, -0.15) is 0 Å². The molecule has 3 N–H and O–H groups in total. The normalized spacial score (nSPS) is 10.2. The molecule has 0 radical (unpaired) electrons. The zero-order valence-corrected chi connectivity index (χ0v) is 7.04. The van der Waals surface area contributed by atoms with Gasteiger partial charge >= 0.3 is 0 Å². The second kappa shape index (κ2) is 3.76. The van der Waals surface area contributed by atoms with Gasteiger partial charge in [0.1, 0.15) is 5.75 Å². The number of phenolic OH excluding ortho intramolecular Hbond substituents is 1. The molecule has 0 saturated carbocycles. The molecular weight excluding hydrogens is 180 g/mol. The van der Waals surface area contributed by atoms with Crippen LogP contribution in [0.4, 0.5) is 0 Å². The van der Waals surface area contributed by atoms with E-state index < -0.39 is 0 Å². The molecular formula is C8H9ClO3. The zero-order valence-electron chi connectivity index (χ0n) is 6.29. The van der Waals surface area contributed by atoms with Crippen LogP contribution in [0.3, 0.4) is 0 Å². The van der Waals surface area contributed by atoms with Crippen molar-refractivity contribution >= 4 is 11.6 Å². The van der Waals surface area contributed by atoms with Gasteiger partial charge in [0.05, 0.1) is 18.2 Å². The van der Waals surface area contributed by atoms with Crippen LogP contribution in [0.25, 0.3) is 0 Å². The van der Waals surface area contributed by atoms with Gasteiger partial charge in [-0.15, -0.1) is 0 Å². The van der Waals surface area contributed by atoms with Gasteiger partial charge in [0.25, 0.3) is 0 Å². The third-order valence-corrected chi connectivity index (χ3v) is 2.07. The molecule has 0 heterocycles. The fraction of sp³-hybridized carbons (Fsp3) is 0.250. The van der Waals surface area contributed by atoms with E-state index in [-0.39, 0.29) is 24.0 Å². The number of halogens is 1. The van der Waals surface area contributed by atoms with E-state index in [1.54, 1.807) is 0 Å². The van der Waals surface area contributed by atoms with Crippen LogP contribution in [-0.2, 0) is 13.2 Å². The van der Waals surface area contributed by atoms with E-state index in [2.05, 4.69) is 0 Å². The maximum Gasteiger partial charge on any atom is 0.134 e. The Morgan fingerprint density at radius 3 is 2.33 bits per heavy atom. The molecule has 0 aliphatic carbocycles. The number of hydrogen-bond acceptors (Lipinski definition) is 3. The SMILES string of the molecule is OCc1ccc(O)c(Cl)c1CO. The van der Waals surface area contributed by atoms with Gasteiger partial charge < -0.3 is 15.3 Å². The zero-order chi connectivity index (χ0) is 9.14. The first-order chi connectivity index (χ1) is 5.70. The predicted molar refractivity (Wildman–Crippen MR) is 45.0 cm³/mol. The summed E-state index contributed by atoms with van der Waals surface area (Å²) in [6, 6.07) is 2.90. The highest BCUT2D eigenvalue weighted by molar-refractivity contribution is 6.32. The fourth-order valence-electron chi connectivity index (χ4n) is 0.968. The third-order valence-electron chi connectivity index (χ3n) is 1.65. The number of aliphatic hydroxyl groups excluding tert-OH is 2. The van der Waals surface area contributed by atoms with Crippen molar-refractivity contribution in [2.24, 2.45) is 0 Å². The summed E-state index contributed by atoms with van der Waals surface area (Å²) >= 11 is 5.66. The van der Waals surface area contributed by atoms with Crippen LogP contribution in [0.2, 0.25) is 5.02 Å². The molecule has 1 rings (SSSR count). The summed E-state index contributed by atoms with van der Waals surface area (Å²) in [6.45, 7) is -0.487. The molecule has 4 heteroatoms. The Balaban J connectivity index is 3.25. The second-order valence-electron chi connectivity index (χ2n) is 2.35. The van der Waals surface area contributed by atoms with Gasteiger partial charge in [-0.1, -0.05) is 17.7 Å². The summed E-state index contributed by atoms with van der Waals surface area (Å²) in [6.07, 6.45) is 0. The highest BCUT2D eigenvalue weighted by Gasteiger charge is 2.08. The summed E-state index contributed by atoms with van der Waals surface area (Å²) in [5, 5.41) is 26.9. The summed E-state index contributed by atoms with van der Waals surface area (Å²) in [4.78, 5) is 0. The molecule has 0 spiro atoms. The lowest BCUT2D eigenvalue weighted by Gasteiger charge is -2.07. The van der Waals surface area contributed by atoms with Crippen LogP contribution in [0.15, 0.2) is 12.1 Å². The van der Waals surface area contributed by atoms with E-state index in [9.17, 15) is 0 Å². The van der Waals surface area contributed by atoms with Crippen molar-refractivity contribution in [2.45, 2.75) is 13.2 Å². The summed E-state index contributed by atoms with van der Waals surface area (Å²) in [7, 11) is 0.